The van der Waals surface area contributed by atoms with E-state index in [-0.39, 0.29) is 6.61 Å². The Morgan fingerprint density at radius 3 is 2.84 bits per heavy atom. The second kappa shape index (κ2) is 6.46. The number of rotatable bonds is 4. The number of hydroxylamine groups is 1. The fourth-order valence-corrected chi connectivity index (χ4v) is 2.84. The van der Waals surface area contributed by atoms with Crippen LogP contribution in [0.15, 0.2) is 54.6 Å². The second-order valence-electron chi connectivity index (χ2n) is 5.36. The lowest BCUT2D eigenvalue weighted by molar-refractivity contribution is 0.0234. The SMILES string of the molecule is O=C(NOCc1ccccc1)c1cc2cccc(Cl)c2n2nnnc12. The normalized spacial score (nSPS) is 11.1. The van der Waals surface area contributed by atoms with Crippen LogP contribution >= 0.6 is 11.6 Å². The van der Waals surface area contributed by atoms with E-state index in [1.807, 2.05) is 36.4 Å². The molecule has 8 heteroatoms. The summed E-state index contributed by atoms with van der Waals surface area (Å²) in [6, 6.07) is 16.6. The molecular formula is C17H12ClN5O2. The average Bonchev–Trinajstić information content (AvgIpc) is 3.11. The molecule has 1 amide bonds. The van der Waals surface area contributed by atoms with Crippen LogP contribution in [-0.2, 0) is 11.4 Å². The fraction of sp³-hybridized carbons (Fsp3) is 0.0588. The predicted octanol–water partition coefficient (Wildman–Crippen LogP) is 2.79. The molecule has 124 valence electrons. The van der Waals surface area contributed by atoms with Gasteiger partial charge in [0.1, 0.15) is 0 Å². The van der Waals surface area contributed by atoms with Crippen molar-refractivity contribution in [3.63, 3.8) is 0 Å². The second-order valence-corrected chi connectivity index (χ2v) is 5.76. The van der Waals surface area contributed by atoms with Gasteiger partial charge in [0, 0.05) is 5.39 Å². The van der Waals surface area contributed by atoms with Crippen LogP contribution in [0, 0.1) is 0 Å². The molecule has 0 aliphatic rings. The van der Waals surface area contributed by atoms with Gasteiger partial charge in [-0.1, -0.05) is 54.1 Å². The summed E-state index contributed by atoms with van der Waals surface area (Å²) in [6.45, 7) is 0.257. The highest BCUT2D eigenvalue weighted by atomic mass is 35.5. The zero-order valence-corrected chi connectivity index (χ0v) is 13.6. The van der Waals surface area contributed by atoms with Crippen LogP contribution in [0.5, 0.6) is 0 Å². The number of hydrogen-bond donors (Lipinski definition) is 1. The number of nitrogens with one attached hydrogen (secondary N) is 1. The van der Waals surface area contributed by atoms with Crippen molar-refractivity contribution in [2.75, 3.05) is 0 Å². The molecule has 2 aromatic heterocycles. The summed E-state index contributed by atoms with van der Waals surface area (Å²) in [4.78, 5) is 17.8. The van der Waals surface area contributed by atoms with Crippen molar-refractivity contribution in [3.8, 4) is 0 Å². The van der Waals surface area contributed by atoms with Gasteiger partial charge >= 0.3 is 0 Å². The van der Waals surface area contributed by atoms with Gasteiger partial charge in [-0.25, -0.2) is 5.48 Å². The number of carbonyl (C=O) groups is 1. The van der Waals surface area contributed by atoms with Crippen LogP contribution in [0.2, 0.25) is 5.02 Å². The van der Waals surface area contributed by atoms with Crippen molar-refractivity contribution in [2.45, 2.75) is 6.61 Å². The topological polar surface area (TPSA) is 81.4 Å². The number of hydrogen-bond acceptors (Lipinski definition) is 5. The minimum Gasteiger partial charge on any atom is -0.269 e. The number of tetrazole rings is 1. The fourth-order valence-electron chi connectivity index (χ4n) is 2.58. The highest BCUT2D eigenvalue weighted by Gasteiger charge is 2.17. The first-order valence-corrected chi connectivity index (χ1v) is 7.87. The number of aromatic nitrogens is 4. The molecule has 2 aromatic carbocycles. The van der Waals surface area contributed by atoms with Crippen LogP contribution in [0.4, 0.5) is 0 Å². The Hall–Kier alpha value is -3.03. The van der Waals surface area contributed by atoms with E-state index in [1.165, 1.54) is 4.52 Å². The van der Waals surface area contributed by atoms with Gasteiger partial charge in [0.2, 0.25) is 0 Å². The molecule has 0 aliphatic heterocycles. The van der Waals surface area contributed by atoms with E-state index in [0.29, 0.717) is 21.7 Å². The number of halogens is 1. The predicted molar refractivity (Wildman–Crippen MR) is 92.0 cm³/mol. The molecule has 0 unspecified atom stereocenters. The van der Waals surface area contributed by atoms with E-state index < -0.39 is 5.91 Å². The molecule has 25 heavy (non-hydrogen) atoms. The zero-order chi connectivity index (χ0) is 17.2. The van der Waals surface area contributed by atoms with Crippen LogP contribution in [0.3, 0.4) is 0 Å². The molecule has 2 heterocycles. The van der Waals surface area contributed by atoms with Crippen LogP contribution in [0.25, 0.3) is 16.6 Å². The molecule has 4 rings (SSSR count). The minimum absolute atomic E-state index is 0.257. The quantitative estimate of drug-likeness (QED) is 0.570. The van der Waals surface area contributed by atoms with E-state index in [1.54, 1.807) is 18.2 Å². The third-order valence-corrected chi connectivity index (χ3v) is 4.04. The molecule has 0 spiro atoms. The molecule has 0 fully saturated rings. The Labute approximate surface area is 147 Å². The largest absolute Gasteiger partial charge is 0.278 e. The van der Waals surface area contributed by atoms with Crippen LogP contribution in [0.1, 0.15) is 15.9 Å². The summed E-state index contributed by atoms with van der Waals surface area (Å²) in [7, 11) is 0. The summed E-state index contributed by atoms with van der Waals surface area (Å²) >= 11 is 6.23. The number of pyridine rings is 1. The van der Waals surface area contributed by atoms with E-state index in [4.69, 9.17) is 16.4 Å². The molecule has 0 radical (unpaired) electrons. The molecule has 7 nitrogen and oxygen atoms in total. The first-order valence-electron chi connectivity index (χ1n) is 7.49. The third-order valence-electron chi connectivity index (χ3n) is 3.73. The Balaban J connectivity index is 1.63. The third kappa shape index (κ3) is 2.90. The van der Waals surface area contributed by atoms with Gasteiger partial charge in [0.05, 0.1) is 22.7 Å². The monoisotopic (exact) mass is 353 g/mol. The van der Waals surface area contributed by atoms with Crippen LogP contribution in [-0.4, -0.2) is 25.9 Å². The Morgan fingerprint density at radius 2 is 2.00 bits per heavy atom. The van der Waals surface area contributed by atoms with Gasteiger partial charge in [-0.05, 0) is 28.1 Å². The van der Waals surface area contributed by atoms with Crippen molar-refractivity contribution in [2.24, 2.45) is 0 Å². The van der Waals surface area contributed by atoms with Gasteiger partial charge in [-0.15, -0.1) is 5.10 Å². The number of amides is 1. The zero-order valence-electron chi connectivity index (χ0n) is 12.9. The van der Waals surface area contributed by atoms with Crippen molar-refractivity contribution in [1.82, 2.24) is 25.5 Å². The van der Waals surface area contributed by atoms with Crippen molar-refractivity contribution < 1.29 is 9.63 Å². The molecule has 0 aliphatic carbocycles. The number of benzene rings is 2. The highest BCUT2D eigenvalue weighted by Crippen LogP contribution is 2.25. The minimum atomic E-state index is -0.433. The van der Waals surface area contributed by atoms with Crippen molar-refractivity contribution >= 4 is 34.1 Å². The number of carbonyl (C=O) groups excluding carboxylic acids is 1. The standard InChI is InChI=1S/C17H12ClN5O2/c18-14-8-4-7-12-9-13(16-19-21-22-23(16)15(12)14)17(24)20-25-10-11-5-2-1-3-6-11/h1-9H,10H2,(H,20,24). The highest BCUT2D eigenvalue weighted by molar-refractivity contribution is 6.35. The van der Waals surface area contributed by atoms with E-state index >= 15 is 0 Å². The number of para-hydroxylation sites is 1. The maximum Gasteiger partial charge on any atom is 0.278 e. The van der Waals surface area contributed by atoms with Gasteiger partial charge in [-0.3, -0.25) is 9.63 Å². The van der Waals surface area contributed by atoms with Gasteiger partial charge in [0.15, 0.2) is 5.65 Å². The lowest BCUT2D eigenvalue weighted by Gasteiger charge is -2.09. The van der Waals surface area contributed by atoms with E-state index in [2.05, 4.69) is 21.0 Å². The molecule has 0 saturated carbocycles. The Kier molecular flexibility index (Phi) is 4.01. The molecule has 1 N–H and O–H groups in total. The maximum atomic E-state index is 12.5. The molecule has 0 bridgehead atoms. The molecular weight excluding hydrogens is 342 g/mol. The van der Waals surface area contributed by atoms with E-state index in [0.717, 1.165) is 10.9 Å². The Bertz CT molecular complexity index is 1060. The van der Waals surface area contributed by atoms with Gasteiger partial charge in [-0.2, -0.15) is 4.52 Å². The first-order chi connectivity index (χ1) is 12.2. The Morgan fingerprint density at radius 1 is 1.16 bits per heavy atom. The smallest absolute Gasteiger partial charge is 0.269 e. The lowest BCUT2D eigenvalue weighted by atomic mass is 10.1. The summed E-state index contributed by atoms with van der Waals surface area (Å²) in [5.74, 6) is -0.433. The average molecular weight is 354 g/mol. The summed E-state index contributed by atoms with van der Waals surface area (Å²) < 4.78 is 1.45. The van der Waals surface area contributed by atoms with Crippen LogP contribution < -0.4 is 5.48 Å². The number of fused-ring (bicyclic) bond motifs is 3. The molecule has 0 saturated heterocycles. The van der Waals surface area contributed by atoms with Gasteiger partial charge in [0.25, 0.3) is 5.91 Å². The van der Waals surface area contributed by atoms with E-state index in [9.17, 15) is 4.79 Å². The lowest BCUT2D eigenvalue weighted by Crippen LogP contribution is -2.24. The molecule has 0 atom stereocenters. The summed E-state index contributed by atoms with van der Waals surface area (Å²) in [5.41, 5.74) is 4.62. The van der Waals surface area contributed by atoms with Crippen molar-refractivity contribution in [1.29, 1.82) is 0 Å². The van der Waals surface area contributed by atoms with Crippen molar-refractivity contribution in [3.05, 3.63) is 70.7 Å². The number of nitrogens with zero attached hydrogens (tertiary/aromatic N) is 4. The summed E-state index contributed by atoms with van der Waals surface area (Å²) in [5, 5.41) is 12.8. The molecule has 4 aromatic rings. The van der Waals surface area contributed by atoms with Gasteiger partial charge < -0.3 is 0 Å². The maximum absolute atomic E-state index is 12.5. The first kappa shape index (κ1) is 15.5. The summed E-state index contributed by atoms with van der Waals surface area (Å²) in [6.07, 6.45) is 0.